The number of carbonyl (C=O) groups excluding carboxylic acids is 1. The highest BCUT2D eigenvalue weighted by atomic mass is 16.1. The van der Waals surface area contributed by atoms with Gasteiger partial charge in [0.1, 0.15) is 0 Å². The first-order chi connectivity index (χ1) is 7.00. The molecule has 1 aliphatic heterocycles. The molecule has 1 fully saturated rings. The van der Waals surface area contributed by atoms with Crippen molar-refractivity contribution in [2.45, 2.75) is 19.8 Å². The van der Waals surface area contributed by atoms with Gasteiger partial charge in [0.25, 0.3) is 0 Å². The highest BCUT2D eigenvalue weighted by molar-refractivity contribution is 5.96. The van der Waals surface area contributed by atoms with Crippen LogP contribution in [0.25, 0.3) is 0 Å². The summed E-state index contributed by atoms with van der Waals surface area (Å²) >= 11 is 0. The molecule has 1 heterocycles. The molecule has 0 aromatic rings. The number of allylic oxidation sites excluding steroid dienone is 1. The maximum Gasteiger partial charge on any atom is 0.163 e. The first-order valence-corrected chi connectivity index (χ1v) is 5.58. The van der Waals surface area contributed by atoms with Crippen molar-refractivity contribution >= 4 is 5.78 Å². The summed E-state index contributed by atoms with van der Waals surface area (Å²) in [5, 5.41) is 0. The summed E-state index contributed by atoms with van der Waals surface area (Å²) in [5.74, 6) is 0.578. The standard InChI is InChI=1S/C12H22N2O/c1-10(9-13(2)3)12(15)11-5-7-14(4)8-6-11/h9,11H,5-8H2,1-4H3/b10-9-. The molecule has 86 valence electrons. The molecule has 0 N–H and O–H groups in total. The maximum atomic E-state index is 12.0. The fraction of sp³-hybridized carbons (Fsp3) is 0.750. The van der Waals surface area contributed by atoms with E-state index in [2.05, 4.69) is 11.9 Å². The highest BCUT2D eigenvalue weighted by Gasteiger charge is 2.23. The molecule has 0 atom stereocenters. The van der Waals surface area contributed by atoms with E-state index in [1.165, 1.54) is 0 Å². The van der Waals surface area contributed by atoms with Crippen LogP contribution in [-0.4, -0.2) is 49.8 Å². The van der Waals surface area contributed by atoms with Gasteiger partial charge in [-0.1, -0.05) is 0 Å². The number of carbonyl (C=O) groups is 1. The van der Waals surface area contributed by atoms with E-state index >= 15 is 0 Å². The van der Waals surface area contributed by atoms with Crippen LogP contribution < -0.4 is 0 Å². The van der Waals surface area contributed by atoms with Crippen molar-refractivity contribution in [2.24, 2.45) is 5.92 Å². The molecule has 0 radical (unpaired) electrons. The molecule has 3 heteroatoms. The van der Waals surface area contributed by atoms with Gasteiger partial charge in [0.2, 0.25) is 0 Å². The Morgan fingerprint density at radius 3 is 2.33 bits per heavy atom. The molecular weight excluding hydrogens is 188 g/mol. The molecule has 0 unspecified atom stereocenters. The first-order valence-electron chi connectivity index (χ1n) is 5.58. The van der Waals surface area contributed by atoms with Crippen molar-refractivity contribution < 1.29 is 4.79 Å². The number of Topliss-reactive ketones (excluding diaryl/α,β-unsaturated/α-hetero) is 1. The van der Waals surface area contributed by atoms with E-state index in [0.717, 1.165) is 31.5 Å². The van der Waals surface area contributed by atoms with Crippen LogP contribution >= 0.6 is 0 Å². The van der Waals surface area contributed by atoms with Gasteiger partial charge >= 0.3 is 0 Å². The predicted octanol–water partition coefficient (Wildman–Crippen LogP) is 1.36. The van der Waals surface area contributed by atoms with Gasteiger partial charge in [-0.15, -0.1) is 0 Å². The van der Waals surface area contributed by atoms with E-state index in [1.807, 2.05) is 32.1 Å². The zero-order valence-corrected chi connectivity index (χ0v) is 10.3. The predicted molar refractivity (Wildman–Crippen MR) is 62.7 cm³/mol. The number of likely N-dealkylation sites (tertiary alicyclic amines) is 1. The van der Waals surface area contributed by atoms with Gasteiger partial charge in [0.05, 0.1) is 0 Å². The lowest BCUT2D eigenvalue weighted by molar-refractivity contribution is -0.120. The lowest BCUT2D eigenvalue weighted by Gasteiger charge is -2.28. The molecule has 15 heavy (non-hydrogen) atoms. The zero-order chi connectivity index (χ0) is 11.4. The Kier molecular flexibility index (Phi) is 4.33. The van der Waals surface area contributed by atoms with Crippen molar-refractivity contribution in [3.05, 3.63) is 11.8 Å². The van der Waals surface area contributed by atoms with Gasteiger partial charge in [-0.3, -0.25) is 4.79 Å². The third-order valence-corrected chi connectivity index (χ3v) is 2.93. The number of piperidine rings is 1. The Balaban J connectivity index is 2.54. The number of ketones is 1. The molecule has 1 rings (SSSR count). The summed E-state index contributed by atoms with van der Waals surface area (Å²) in [6.07, 6.45) is 3.93. The van der Waals surface area contributed by atoms with Gasteiger partial charge in [-0.2, -0.15) is 0 Å². The molecule has 0 saturated carbocycles. The SMILES string of the molecule is C/C(=C/N(C)C)C(=O)C1CCN(C)CC1. The minimum atomic E-state index is 0.248. The fourth-order valence-electron chi connectivity index (χ4n) is 2.04. The quantitative estimate of drug-likeness (QED) is 0.657. The van der Waals surface area contributed by atoms with E-state index in [4.69, 9.17) is 0 Å². The van der Waals surface area contributed by atoms with Crippen molar-refractivity contribution in [3.8, 4) is 0 Å². The Morgan fingerprint density at radius 1 is 1.33 bits per heavy atom. The summed E-state index contributed by atoms with van der Waals surface area (Å²) in [6, 6.07) is 0. The minimum Gasteiger partial charge on any atom is -0.383 e. The number of hydrogen-bond acceptors (Lipinski definition) is 3. The van der Waals surface area contributed by atoms with Crippen LogP contribution in [0, 0.1) is 5.92 Å². The summed E-state index contributed by atoms with van der Waals surface area (Å²) in [6.45, 7) is 4.01. The van der Waals surface area contributed by atoms with Crippen LogP contribution in [-0.2, 0) is 4.79 Å². The Morgan fingerprint density at radius 2 is 1.87 bits per heavy atom. The fourth-order valence-corrected chi connectivity index (χ4v) is 2.04. The number of nitrogens with zero attached hydrogens (tertiary/aromatic N) is 2. The van der Waals surface area contributed by atoms with Crippen molar-refractivity contribution in [2.75, 3.05) is 34.2 Å². The molecule has 0 bridgehead atoms. The van der Waals surface area contributed by atoms with Crippen LogP contribution in [0.3, 0.4) is 0 Å². The van der Waals surface area contributed by atoms with Crippen LogP contribution in [0.15, 0.2) is 11.8 Å². The molecule has 0 amide bonds. The maximum absolute atomic E-state index is 12.0. The van der Waals surface area contributed by atoms with Crippen molar-refractivity contribution in [1.29, 1.82) is 0 Å². The Labute approximate surface area is 92.7 Å². The lowest BCUT2D eigenvalue weighted by Crippen LogP contribution is -2.34. The lowest BCUT2D eigenvalue weighted by atomic mass is 9.89. The van der Waals surface area contributed by atoms with Gasteiger partial charge in [-0.05, 0) is 39.9 Å². The second kappa shape index (κ2) is 5.31. The summed E-state index contributed by atoms with van der Waals surface area (Å²) < 4.78 is 0. The summed E-state index contributed by atoms with van der Waals surface area (Å²) in [7, 11) is 6.01. The van der Waals surface area contributed by atoms with Gasteiger partial charge in [0, 0.05) is 31.8 Å². The Hall–Kier alpha value is -0.830. The van der Waals surface area contributed by atoms with Gasteiger partial charge in [-0.25, -0.2) is 0 Å². The molecule has 1 aliphatic rings. The number of hydrogen-bond donors (Lipinski definition) is 0. The molecule has 0 aromatic carbocycles. The molecule has 0 spiro atoms. The smallest absolute Gasteiger partial charge is 0.163 e. The summed E-state index contributed by atoms with van der Waals surface area (Å²) in [5.41, 5.74) is 0.884. The summed E-state index contributed by atoms with van der Waals surface area (Å²) in [4.78, 5) is 16.2. The largest absolute Gasteiger partial charge is 0.383 e. The van der Waals surface area contributed by atoms with Gasteiger partial charge < -0.3 is 9.80 Å². The third-order valence-electron chi connectivity index (χ3n) is 2.93. The van der Waals surface area contributed by atoms with E-state index in [9.17, 15) is 4.79 Å². The van der Waals surface area contributed by atoms with Crippen molar-refractivity contribution in [1.82, 2.24) is 9.80 Å². The molecule has 0 aromatic heterocycles. The zero-order valence-electron chi connectivity index (χ0n) is 10.3. The average Bonchev–Trinajstić information content (AvgIpc) is 2.17. The highest BCUT2D eigenvalue weighted by Crippen LogP contribution is 2.20. The van der Waals surface area contributed by atoms with Crippen LogP contribution in [0.1, 0.15) is 19.8 Å². The van der Waals surface area contributed by atoms with E-state index in [-0.39, 0.29) is 5.92 Å². The van der Waals surface area contributed by atoms with Crippen LogP contribution in [0.5, 0.6) is 0 Å². The second-order valence-electron chi connectivity index (χ2n) is 4.72. The third kappa shape index (κ3) is 3.67. The normalized spacial score (nSPS) is 20.4. The molecule has 1 saturated heterocycles. The van der Waals surface area contributed by atoms with Crippen LogP contribution in [0.2, 0.25) is 0 Å². The first kappa shape index (κ1) is 12.2. The van der Waals surface area contributed by atoms with Gasteiger partial charge in [0.15, 0.2) is 5.78 Å². The molecule has 3 nitrogen and oxygen atoms in total. The average molecular weight is 210 g/mol. The van der Waals surface area contributed by atoms with E-state index in [0.29, 0.717) is 5.78 Å². The minimum absolute atomic E-state index is 0.248. The van der Waals surface area contributed by atoms with E-state index < -0.39 is 0 Å². The van der Waals surface area contributed by atoms with Crippen molar-refractivity contribution in [3.63, 3.8) is 0 Å². The molecule has 0 aliphatic carbocycles. The monoisotopic (exact) mass is 210 g/mol. The molecular formula is C12H22N2O. The topological polar surface area (TPSA) is 23.6 Å². The van der Waals surface area contributed by atoms with Crippen LogP contribution in [0.4, 0.5) is 0 Å². The second-order valence-corrected chi connectivity index (χ2v) is 4.72. The Bertz CT molecular complexity index is 250. The van der Waals surface area contributed by atoms with E-state index in [1.54, 1.807) is 0 Å². The number of rotatable bonds is 3.